The summed E-state index contributed by atoms with van der Waals surface area (Å²) in [6.07, 6.45) is 1.45. The van der Waals surface area contributed by atoms with Crippen LogP contribution in [0.25, 0.3) is 0 Å². The van der Waals surface area contributed by atoms with Crippen molar-refractivity contribution in [3.05, 3.63) is 29.3 Å². The van der Waals surface area contributed by atoms with Crippen molar-refractivity contribution in [2.24, 2.45) is 0 Å². The lowest BCUT2D eigenvalue weighted by molar-refractivity contribution is 0.0506. The summed E-state index contributed by atoms with van der Waals surface area (Å²) in [6, 6.07) is 4.92. The number of hydrogen-bond acceptors (Lipinski definition) is 5. The molecule has 0 bridgehead atoms. The van der Waals surface area contributed by atoms with Crippen molar-refractivity contribution >= 4 is 21.5 Å². The Morgan fingerprint density at radius 1 is 1.39 bits per heavy atom. The molecule has 0 amide bonds. The van der Waals surface area contributed by atoms with Gasteiger partial charge in [-0.25, -0.2) is 13.2 Å². The van der Waals surface area contributed by atoms with Gasteiger partial charge in [-0.15, -0.1) is 0 Å². The van der Waals surface area contributed by atoms with Crippen molar-refractivity contribution in [1.82, 2.24) is 0 Å². The summed E-state index contributed by atoms with van der Waals surface area (Å²) >= 11 is 0. The van der Waals surface area contributed by atoms with Crippen LogP contribution in [0, 0.1) is 6.92 Å². The van der Waals surface area contributed by atoms with E-state index in [9.17, 15) is 13.2 Å². The second kappa shape index (κ2) is 5.86. The van der Waals surface area contributed by atoms with Crippen LogP contribution in [-0.2, 0) is 14.6 Å². The van der Waals surface area contributed by atoms with E-state index in [1.165, 1.54) is 0 Å². The number of carbonyl (C=O) groups is 1. The average molecular weight is 271 g/mol. The van der Waals surface area contributed by atoms with E-state index in [-0.39, 0.29) is 12.4 Å². The number of ether oxygens (including phenoxy) is 1. The first kappa shape index (κ1) is 14.5. The number of carbonyl (C=O) groups excluding carboxylic acids is 1. The number of esters is 1. The van der Waals surface area contributed by atoms with Gasteiger partial charge in [0, 0.05) is 11.9 Å². The molecular weight excluding hydrogens is 254 g/mol. The Morgan fingerprint density at radius 3 is 2.61 bits per heavy atom. The average Bonchev–Trinajstić information content (AvgIpc) is 2.26. The summed E-state index contributed by atoms with van der Waals surface area (Å²) in [5, 5.41) is 0. The Balaban J connectivity index is 2.48. The molecule has 5 nitrogen and oxygen atoms in total. The van der Waals surface area contributed by atoms with Crippen molar-refractivity contribution in [1.29, 1.82) is 0 Å². The maximum absolute atomic E-state index is 11.6. The zero-order chi connectivity index (χ0) is 13.8. The van der Waals surface area contributed by atoms with Crippen LogP contribution in [-0.4, -0.2) is 33.0 Å². The van der Waals surface area contributed by atoms with E-state index in [1.807, 2.05) is 6.92 Å². The Labute approximate surface area is 107 Å². The fraction of sp³-hybridized carbons (Fsp3) is 0.417. The zero-order valence-electron chi connectivity index (χ0n) is 10.5. The van der Waals surface area contributed by atoms with Gasteiger partial charge in [-0.3, -0.25) is 0 Å². The van der Waals surface area contributed by atoms with Crippen molar-refractivity contribution in [2.75, 3.05) is 24.3 Å². The molecule has 18 heavy (non-hydrogen) atoms. The molecule has 0 saturated carbocycles. The lowest BCUT2D eigenvalue weighted by atomic mass is 10.1. The Hall–Kier alpha value is -1.56. The molecule has 1 aromatic carbocycles. The molecule has 1 rings (SSSR count). The summed E-state index contributed by atoms with van der Waals surface area (Å²) < 4.78 is 26.7. The van der Waals surface area contributed by atoms with Gasteiger partial charge in [0.05, 0.1) is 17.9 Å². The first-order chi connectivity index (χ1) is 8.29. The van der Waals surface area contributed by atoms with Gasteiger partial charge in [0.15, 0.2) is 0 Å². The molecule has 0 spiro atoms. The van der Waals surface area contributed by atoms with Gasteiger partial charge in [-0.2, -0.15) is 0 Å². The molecule has 1 aromatic rings. The smallest absolute Gasteiger partial charge is 0.338 e. The number of aryl methyl sites for hydroxylation is 1. The van der Waals surface area contributed by atoms with E-state index < -0.39 is 15.8 Å². The van der Waals surface area contributed by atoms with Gasteiger partial charge in [-0.05, 0) is 31.0 Å². The number of nitrogens with two attached hydrogens (primary N) is 1. The summed E-state index contributed by atoms with van der Waals surface area (Å²) in [5.74, 6) is -0.480. The number of anilines is 1. The third-order valence-corrected chi connectivity index (χ3v) is 3.44. The Morgan fingerprint density at radius 2 is 2.06 bits per heavy atom. The van der Waals surface area contributed by atoms with Gasteiger partial charge in [0.25, 0.3) is 0 Å². The first-order valence-corrected chi connectivity index (χ1v) is 7.56. The van der Waals surface area contributed by atoms with Crippen molar-refractivity contribution in [3.63, 3.8) is 0 Å². The highest BCUT2D eigenvalue weighted by molar-refractivity contribution is 7.90. The number of nitrogen functional groups attached to an aromatic ring is 1. The SMILES string of the molecule is Cc1ccc(C(=O)OCCCS(C)(=O)=O)cc1N. The predicted octanol–water partition coefficient (Wildman–Crippen LogP) is 1.17. The highest BCUT2D eigenvalue weighted by Gasteiger charge is 2.09. The van der Waals surface area contributed by atoms with Crippen LogP contribution in [0.4, 0.5) is 5.69 Å². The lowest BCUT2D eigenvalue weighted by Gasteiger charge is -2.06. The number of sulfone groups is 1. The quantitative estimate of drug-likeness (QED) is 0.493. The van der Waals surface area contributed by atoms with Crippen LogP contribution in [0.3, 0.4) is 0 Å². The fourth-order valence-corrected chi connectivity index (χ4v) is 1.98. The summed E-state index contributed by atoms with van der Waals surface area (Å²) in [6.45, 7) is 1.93. The van der Waals surface area contributed by atoms with Gasteiger partial charge in [-0.1, -0.05) is 6.07 Å². The molecule has 0 aliphatic carbocycles. The van der Waals surface area contributed by atoms with Gasteiger partial charge < -0.3 is 10.5 Å². The third-order valence-electron chi connectivity index (χ3n) is 2.41. The highest BCUT2D eigenvalue weighted by Crippen LogP contribution is 2.13. The topological polar surface area (TPSA) is 86.5 Å². The second-order valence-corrected chi connectivity index (χ2v) is 6.45. The number of rotatable bonds is 5. The molecule has 100 valence electrons. The molecule has 6 heteroatoms. The van der Waals surface area contributed by atoms with E-state index in [4.69, 9.17) is 10.5 Å². The normalized spacial score (nSPS) is 11.2. The van der Waals surface area contributed by atoms with Crippen molar-refractivity contribution in [2.45, 2.75) is 13.3 Å². The van der Waals surface area contributed by atoms with E-state index >= 15 is 0 Å². The molecule has 0 radical (unpaired) electrons. The third kappa shape index (κ3) is 4.75. The maximum Gasteiger partial charge on any atom is 0.338 e. The number of hydrogen-bond donors (Lipinski definition) is 1. The molecule has 2 N–H and O–H groups in total. The lowest BCUT2D eigenvalue weighted by Crippen LogP contribution is -2.11. The van der Waals surface area contributed by atoms with Crippen molar-refractivity contribution in [3.8, 4) is 0 Å². The summed E-state index contributed by atoms with van der Waals surface area (Å²) in [4.78, 5) is 11.6. The molecule has 0 saturated heterocycles. The molecule has 0 aromatic heterocycles. The molecule has 0 aliphatic heterocycles. The van der Waals surface area contributed by atoms with Crippen LogP contribution in [0.5, 0.6) is 0 Å². The molecule has 0 aliphatic rings. The molecule has 0 fully saturated rings. The van der Waals surface area contributed by atoms with E-state index in [1.54, 1.807) is 18.2 Å². The van der Waals surface area contributed by atoms with E-state index in [0.29, 0.717) is 17.7 Å². The van der Waals surface area contributed by atoms with Crippen LogP contribution < -0.4 is 5.73 Å². The maximum atomic E-state index is 11.6. The number of benzene rings is 1. The molecule has 0 atom stereocenters. The van der Waals surface area contributed by atoms with Crippen LogP contribution >= 0.6 is 0 Å². The highest BCUT2D eigenvalue weighted by atomic mass is 32.2. The standard InChI is InChI=1S/C12H17NO4S/c1-9-4-5-10(8-11(9)13)12(14)17-6-3-7-18(2,15)16/h4-5,8H,3,6-7,13H2,1-2H3. The monoisotopic (exact) mass is 271 g/mol. The Bertz CT molecular complexity index is 537. The van der Waals surface area contributed by atoms with Gasteiger partial charge >= 0.3 is 5.97 Å². The first-order valence-electron chi connectivity index (χ1n) is 5.50. The van der Waals surface area contributed by atoms with Crippen LogP contribution in [0.15, 0.2) is 18.2 Å². The summed E-state index contributed by atoms with van der Waals surface area (Å²) in [5.41, 5.74) is 7.48. The minimum Gasteiger partial charge on any atom is -0.462 e. The van der Waals surface area contributed by atoms with Crippen LogP contribution in [0.1, 0.15) is 22.3 Å². The molecule has 0 unspecified atom stereocenters. The minimum absolute atomic E-state index is 0.0102. The van der Waals surface area contributed by atoms with E-state index in [0.717, 1.165) is 11.8 Å². The minimum atomic E-state index is -3.01. The summed E-state index contributed by atoms with van der Waals surface area (Å²) in [7, 11) is -3.01. The van der Waals surface area contributed by atoms with Gasteiger partial charge in [0.2, 0.25) is 0 Å². The Kier molecular flexibility index (Phi) is 4.72. The van der Waals surface area contributed by atoms with E-state index in [2.05, 4.69) is 0 Å². The second-order valence-electron chi connectivity index (χ2n) is 4.19. The fourth-order valence-electron chi connectivity index (χ4n) is 1.34. The zero-order valence-corrected chi connectivity index (χ0v) is 11.3. The van der Waals surface area contributed by atoms with Gasteiger partial charge in [0.1, 0.15) is 9.84 Å². The van der Waals surface area contributed by atoms with Crippen molar-refractivity contribution < 1.29 is 17.9 Å². The largest absolute Gasteiger partial charge is 0.462 e. The van der Waals surface area contributed by atoms with Crippen LogP contribution in [0.2, 0.25) is 0 Å². The molecular formula is C12H17NO4S. The predicted molar refractivity (Wildman–Crippen MR) is 70.2 cm³/mol. The molecule has 0 heterocycles.